The fraction of sp³-hybridized carbons (Fsp3) is 0. The number of halogens is 1. The van der Waals surface area contributed by atoms with Gasteiger partial charge in [-0.15, -0.1) is 0 Å². The van der Waals surface area contributed by atoms with Gasteiger partial charge in [-0.1, -0.05) is 23.7 Å². The number of carboxylic acids is 2. The van der Waals surface area contributed by atoms with Gasteiger partial charge in [-0.05, 0) is 30.3 Å². The number of aliphatic imine (C=N–C) groups is 1. The molecule has 2 aromatic rings. The van der Waals surface area contributed by atoms with Crippen molar-refractivity contribution >= 4 is 35.4 Å². The maximum atomic E-state index is 11.1. The first-order valence-corrected chi connectivity index (χ1v) is 6.26. The number of carbonyl (C=O) groups is 2. The Labute approximate surface area is 125 Å². The lowest BCUT2D eigenvalue weighted by atomic mass is 10.1. The van der Waals surface area contributed by atoms with E-state index in [1.165, 1.54) is 36.5 Å². The summed E-state index contributed by atoms with van der Waals surface area (Å²) in [5.74, 6) is -2.22. The molecule has 0 radical (unpaired) electrons. The van der Waals surface area contributed by atoms with Crippen LogP contribution < -0.4 is 0 Å². The lowest BCUT2D eigenvalue weighted by Crippen LogP contribution is -2.02. The molecule has 0 unspecified atom stereocenters. The van der Waals surface area contributed by atoms with Crippen molar-refractivity contribution in [3.63, 3.8) is 0 Å². The highest BCUT2D eigenvalue weighted by Gasteiger charge is 2.10. The van der Waals surface area contributed by atoms with Gasteiger partial charge in [0.1, 0.15) is 0 Å². The van der Waals surface area contributed by atoms with E-state index >= 15 is 0 Å². The third kappa shape index (κ3) is 3.46. The van der Waals surface area contributed by atoms with Crippen LogP contribution in [0.1, 0.15) is 26.3 Å². The molecule has 0 bridgehead atoms. The Morgan fingerprint density at radius 1 is 1.00 bits per heavy atom. The lowest BCUT2D eigenvalue weighted by Gasteiger charge is -2.03. The molecule has 2 N–H and O–H groups in total. The van der Waals surface area contributed by atoms with E-state index in [-0.39, 0.29) is 16.8 Å². The zero-order valence-electron chi connectivity index (χ0n) is 10.7. The van der Waals surface area contributed by atoms with Crippen LogP contribution in [0.15, 0.2) is 47.5 Å². The molecule has 0 aliphatic carbocycles. The largest absolute Gasteiger partial charge is 0.478 e. The Hall–Kier alpha value is -2.66. The van der Waals surface area contributed by atoms with E-state index in [1.54, 1.807) is 12.1 Å². The summed E-state index contributed by atoms with van der Waals surface area (Å²) in [5, 5.41) is 18.5. The molecular weight excluding hydrogens is 294 g/mol. The highest BCUT2D eigenvalue weighted by atomic mass is 35.5. The van der Waals surface area contributed by atoms with Crippen molar-refractivity contribution in [1.29, 1.82) is 0 Å². The van der Waals surface area contributed by atoms with Crippen LogP contribution in [-0.2, 0) is 0 Å². The SMILES string of the molecule is O=C(O)c1ccc(Cl)cc1C=Nc1ccccc1C(=O)O. The molecule has 5 nitrogen and oxygen atoms in total. The van der Waals surface area contributed by atoms with Crippen molar-refractivity contribution in [2.24, 2.45) is 4.99 Å². The monoisotopic (exact) mass is 303 g/mol. The summed E-state index contributed by atoms with van der Waals surface area (Å²) in [6, 6.07) is 10.5. The van der Waals surface area contributed by atoms with Crippen molar-refractivity contribution in [3.05, 3.63) is 64.2 Å². The predicted octanol–water partition coefficient (Wildman–Crippen LogP) is 3.49. The fourth-order valence-electron chi connectivity index (χ4n) is 1.74. The van der Waals surface area contributed by atoms with Crippen molar-refractivity contribution in [3.8, 4) is 0 Å². The summed E-state index contributed by atoms with van der Waals surface area (Å²) in [5.41, 5.74) is 0.611. The summed E-state index contributed by atoms with van der Waals surface area (Å²) in [6.45, 7) is 0. The summed E-state index contributed by atoms with van der Waals surface area (Å²) in [4.78, 5) is 26.2. The molecule has 0 amide bonds. The van der Waals surface area contributed by atoms with Crippen LogP contribution in [0.4, 0.5) is 5.69 Å². The Morgan fingerprint density at radius 3 is 2.33 bits per heavy atom. The third-order valence-electron chi connectivity index (χ3n) is 2.72. The Bertz CT molecular complexity index is 740. The van der Waals surface area contributed by atoms with Crippen LogP contribution >= 0.6 is 11.6 Å². The molecule has 106 valence electrons. The molecule has 0 fully saturated rings. The van der Waals surface area contributed by atoms with Crippen LogP contribution in [0.25, 0.3) is 0 Å². The molecule has 0 saturated heterocycles. The lowest BCUT2D eigenvalue weighted by molar-refractivity contribution is 0.0686. The number of aromatic carboxylic acids is 2. The van der Waals surface area contributed by atoms with Crippen molar-refractivity contribution in [1.82, 2.24) is 0 Å². The highest BCUT2D eigenvalue weighted by Crippen LogP contribution is 2.20. The topological polar surface area (TPSA) is 87.0 Å². The van der Waals surface area contributed by atoms with Gasteiger partial charge < -0.3 is 10.2 Å². The van der Waals surface area contributed by atoms with Crippen LogP contribution in [0.2, 0.25) is 5.02 Å². The number of nitrogens with zero attached hydrogens (tertiary/aromatic N) is 1. The molecule has 0 saturated carbocycles. The molecule has 6 heteroatoms. The third-order valence-corrected chi connectivity index (χ3v) is 2.96. The number of carboxylic acid groups (broad SMARTS) is 2. The second kappa shape index (κ2) is 6.19. The minimum Gasteiger partial charge on any atom is -0.478 e. The quantitative estimate of drug-likeness (QED) is 0.846. The van der Waals surface area contributed by atoms with Gasteiger partial charge in [0, 0.05) is 16.8 Å². The van der Waals surface area contributed by atoms with E-state index in [2.05, 4.69) is 4.99 Å². The molecule has 0 aromatic heterocycles. The van der Waals surface area contributed by atoms with Crippen LogP contribution in [0.3, 0.4) is 0 Å². The van der Waals surface area contributed by atoms with Gasteiger partial charge in [-0.2, -0.15) is 0 Å². The first kappa shape index (κ1) is 14.7. The van der Waals surface area contributed by atoms with E-state index in [4.69, 9.17) is 21.8 Å². The zero-order chi connectivity index (χ0) is 15.4. The number of rotatable bonds is 4. The molecule has 2 aromatic carbocycles. The standard InChI is InChI=1S/C15H10ClNO4/c16-10-5-6-11(14(18)19)9(7-10)8-17-13-4-2-1-3-12(13)15(20)21/h1-8H,(H,18,19)(H,20,21). The molecule has 0 spiro atoms. The van der Waals surface area contributed by atoms with Gasteiger partial charge in [0.15, 0.2) is 0 Å². The second-order valence-corrected chi connectivity index (χ2v) is 4.55. The van der Waals surface area contributed by atoms with E-state index in [0.29, 0.717) is 10.6 Å². The van der Waals surface area contributed by atoms with Crippen molar-refractivity contribution in [2.45, 2.75) is 0 Å². The van der Waals surface area contributed by atoms with Crippen LogP contribution in [0.5, 0.6) is 0 Å². The maximum Gasteiger partial charge on any atom is 0.337 e. The van der Waals surface area contributed by atoms with E-state index < -0.39 is 11.9 Å². The van der Waals surface area contributed by atoms with Gasteiger partial charge in [0.2, 0.25) is 0 Å². The molecular formula is C15H10ClNO4. The summed E-state index contributed by atoms with van der Waals surface area (Å²) >= 11 is 5.84. The van der Waals surface area contributed by atoms with E-state index in [9.17, 15) is 9.59 Å². The number of hydrogen-bond acceptors (Lipinski definition) is 3. The van der Waals surface area contributed by atoms with Gasteiger partial charge in [-0.25, -0.2) is 9.59 Å². The van der Waals surface area contributed by atoms with Gasteiger partial charge in [-0.3, -0.25) is 4.99 Å². The zero-order valence-corrected chi connectivity index (χ0v) is 11.4. The van der Waals surface area contributed by atoms with Crippen molar-refractivity contribution in [2.75, 3.05) is 0 Å². The number of para-hydroxylation sites is 1. The smallest absolute Gasteiger partial charge is 0.337 e. The van der Waals surface area contributed by atoms with Crippen molar-refractivity contribution < 1.29 is 19.8 Å². The highest BCUT2D eigenvalue weighted by molar-refractivity contribution is 6.31. The first-order valence-electron chi connectivity index (χ1n) is 5.88. The minimum absolute atomic E-state index is 0.0349. The summed E-state index contributed by atoms with van der Waals surface area (Å²) in [7, 11) is 0. The van der Waals surface area contributed by atoms with Gasteiger partial charge in [0.25, 0.3) is 0 Å². The number of hydrogen-bond donors (Lipinski definition) is 2. The molecule has 2 rings (SSSR count). The van der Waals surface area contributed by atoms with E-state index in [0.717, 1.165) is 0 Å². The first-order chi connectivity index (χ1) is 9.99. The van der Waals surface area contributed by atoms with E-state index in [1.807, 2.05) is 0 Å². The fourth-order valence-corrected chi connectivity index (χ4v) is 1.92. The van der Waals surface area contributed by atoms with Crippen LogP contribution in [0, 0.1) is 0 Å². The normalized spacial score (nSPS) is 10.7. The van der Waals surface area contributed by atoms with Gasteiger partial charge >= 0.3 is 11.9 Å². The Morgan fingerprint density at radius 2 is 1.67 bits per heavy atom. The molecule has 0 aliphatic rings. The summed E-state index contributed by atoms with van der Waals surface area (Å²) < 4.78 is 0. The number of benzene rings is 2. The Kier molecular flexibility index (Phi) is 4.35. The average molecular weight is 304 g/mol. The molecule has 0 atom stereocenters. The Balaban J connectivity index is 2.45. The average Bonchev–Trinajstić information content (AvgIpc) is 2.45. The molecule has 0 heterocycles. The molecule has 0 aliphatic heterocycles. The predicted molar refractivity (Wildman–Crippen MR) is 79.1 cm³/mol. The minimum atomic E-state index is -1.11. The molecule has 21 heavy (non-hydrogen) atoms. The maximum absolute atomic E-state index is 11.1. The summed E-state index contributed by atoms with van der Waals surface area (Å²) in [6.07, 6.45) is 1.29. The van der Waals surface area contributed by atoms with Gasteiger partial charge in [0.05, 0.1) is 16.8 Å². The second-order valence-electron chi connectivity index (χ2n) is 4.12. The van der Waals surface area contributed by atoms with Crippen LogP contribution in [-0.4, -0.2) is 28.4 Å².